The molecule has 0 aliphatic carbocycles. The Hall–Kier alpha value is -3.07. The van der Waals surface area contributed by atoms with Gasteiger partial charge in [-0.15, -0.1) is 0 Å². The van der Waals surface area contributed by atoms with Crippen molar-refractivity contribution in [1.29, 1.82) is 0 Å². The van der Waals surface area contributed by atoms with Crippen molar-refractivity contribution < 1.29 is 22.4 Å². The molecule has 0 aliphatic rings. The number of sulfonamides is 1. The molecule has 8 nitrogen and oxygen atoms in total. The van der Waals surface area contributed by atoms with Crippen LogP contribution in [0.25, 0.3) is 11.5 Å². The molecule has 0 atom stereocenters. The van der Waals surface area contributed by atoms with Crippen molar-refractivity contribution in [2.24, 2.45) is 0 Å². The summed E-state index contributed by atoms with van der Waals surface area (Å²) < 4.78 is 43.2. The van der Waals surface area contributed by atoms with Crippen molar-refractivity contribution in [1.82, 2.24) is 10.1 Å². The molecule has 0 saturated heterocycles. The summed E-state index contributed by atoms with van der Waals surface area (Å²) in [6.45, 7) is 1.72. The quantitative estimate of drug-likeness (QED) is 0.706. The maximum atomic E-state index is 12.7. The average molecular weight is 375 g/mol. The number of anilines is 1. The first kappa shape index (κ1) is 17.7. The smallest absolute Gasteiger partial charge is 0.265 e. The van der Waals surface area contributed by atoms with Gasteiger partial charge in [0, 0.05) is 17.3 Å². The Balaban J connectivity index is 1.86. The van der Waals surface area contributed by atoms with Crippen LogP contribution in [0.2, 0.25) is 0 Å². The number of ether oxygens (including phenoxy) is 2. The first-order valence-electron chi connectivity index (χ1n) is 7.58. The van der Waals surface area contributed by atoms with Gasteiger partial charge in [0.25, 0.3) is 15.9 Å². The summed E-state index contributed by atoms with van der Waals surface area (Å²) in [6, 6.07) is 11.1. The van der Waals surface area contributed by atoms with Crippen LogP contribution in [0.5, 0.6) is 11.5 Å². The van der Waals surface area contributed by atoms with Gasteiger partial charge in [0.1, 0.15) is 16.4 Å². The molecule has 2 aromatic carbocycles. The van der Waals surface area contributed by atoms with Gasteiger partial charge in [-0.25, -0.2) is 8.42 Å². The van der Waals surface area contributed by atoms with Crippen LogP contribution in [0.3, 0.4) is 0 Å². The molecule has 9 heteroatoms. The lowest BCUT2D eigenvalue weighted by Crippen LogP contribution is -2.14. The Morgan fingerprint density at radius 2 is 1.77 bits per heavy atom. The molecular weight excluding hydrogens is 358 g/mol. The largest absolute Gasteiger partial charge is 0.497 e. The number of aryl methyl sites for hydroxylation is 1. The van der Waals surface area contributed by atoms with Crippen molar-refractivity contribution in [3.63, 3.8) is 0 Å². The van der Waals surface area contributed by atoms with Gasteiger partial charge in [-0.1, -0.05) is 5.16 Å². The van der Waals surface area contributed by atoms with Gasteiger partial charge in [-0.3, -0.25) is 4.72 Å². The summed E-state index contributed by atoms with van der Waals surface area (Å²) in [5.41, 5.74) is 1.08. The zero-order chi connectivity index (χ0) is 18.7. The fourth-order valence-corrected chi connectivity index (χ4v) is 3.51. The zero-order valence-electron chi connectivity index (χ0n) is 14.4. The number of rotatable bonds is 6. The molecule has 0 amide bonds. The fourth-order valence-electron chi connectivity index (χ4n) is 2.30. The van der Waals surface area contributed by atoms with E-state index in [0.29, 0.717) is 28.7 Å². The Morgan fingerprint density at radius 1 is 1.04 bits per heavy atom. The minimum Gasteiger partial charge on any atom is -0.497 e. The SMILES string of the molecule is COc1ccc(S(=O)(=O)Nc2ccc(-c3nc(C)no3)cc2)c(OC)c1. The molecule has 1 N–H and O–H groups in total. The summed E-state index contributed by atoms with van der Waals surface area (Å²) in [5, 5.41) is 3.73. The van der Waals surface area contributed by atoms with Crippen molar-refractivity contribution in [2.45, 2.75) is 11.8 Å². The second kappa shape index (κ2) is 7.04. The summed E-state index contributed by atoms with van der Waals surface area (Å²) in [5.74, 6) is 1.58. The highest BCUT2D eigenvalue weighted by atomic mass is 32.2. The van der Waals surface area contributed by atoms with Crippen molar-refractivity contribution >= 4 is 15.7 Å². The topological polar surface area (TPSA) is 104 Å². The number of methoxy groups -OCH3 is 2. The lowest BCUT2D eigenvalue weighted by molar-refractivity contribution is 0.386. The van der Waals surface area contributed by atoms with Gasteiger partial charge in [0.2, 0.25) is 0 Å². The normalized spacial score (nSPS) is 11.2. The third-order valence-corrected chi connectivity index (χ3v) is 4.99. The summed E-state index contributed by atoms with van der Waals surface area (Å²) >= 11 is 0. The van der Waals surface area contributed by atoms with E-state index in [1.54, 1.807) is 37.3 Å². The van der Waals surface area contributed by atoms with E-state index in [0.717, 1.165) is 0 Å². The van der Waals surface area contributed by atoms with E-state index < -0.39 is 10.0 Å². The Labute approximate surface area is 150 Å². The third kappa shape index (κ3) is 3.62. The molecule has 0 unspecified atom stereocenters. The summed E-state index contributed by atoms with van der Waals surface area (Å²) in [6.07, 6.45) is 0. The minimum absolute atomic E-state index is 0.0115. The molecule has 3 rings (SSSR count). The van der Waals surface area contributed by atoms with E-state index in [1.165, 1.54) is 26.4 Å². The number of hydrogen-bond donors (Lipinski definition) is 1. The van der Waals surface area contributed by atoms with Crippen LogP contribution in [0.15, 0.2) is 51.9 Å². The van der Waals surface area contributed by atoms with E-state index in [1.807, 2.05) is 0 Å². The maximum Gasteiger partial charge on any atom is 0.265 e. The van der Waals surface area contributed by atoms with Gasteiger partial charge in [-0.2, -0.15) is 4.98 Å². The molecule has 0 fully saturated rings. The van der Waals surface area contributed by atoms with E-state index >= 15 is 0 Å². The second-order valence-corrected chi connectivity index (χ2v) is 7.00. The standard InChI is InChI=1S/C17H17N3O5S/c1-11-18-17(25-19-11)12-4-6-13(7-5-12)20-26(21,22)16-9-8-14(23-2)10-15(16)24-3/h4-10,20H,1-3H3. The predicted octanol–water partition coefficient (Wildman–Crippen LogP) is 2.86. The fraction of sp³-hybridized carbons (Fsp3) is 0.176. The molecule has 0 radical (unpaired) electrons. The van der Waals surface area contributed by atoms with Gasteiger partial charge in [0.15, 0.2) is 5.82 Å². The highest BCUT2D eigenvalue weighted by molar-refractivity contribution is 7.92. The zero-order valence-corrected chi connectivity index (χ0v) is 15.2. The van der Waals surface area contributed by atoms with Crippen molar-refractivity contribution in [2.75, 3.05) is 18.9 Å². The lowest BCUT2D eigenvalue weighted by Gasteiger charge is -2.12. The van der Waals surface area contributed by atoms with Gasteiger partial charge < -0.3 is 14.0 Å². The number of nitrogens with zero attached hydrogens (tertiary/aromatic N) is 2. The molecule has 0 saturated carbocycles. The summed E-state index contributed by atoms with van der Waals surface area (Å²) in [7, 11) is -0.945. The molecule has 0 spiro atoms. The molecular formula is C17H17N3O5S. The van der Waals surface area contributed by atoms with Crippen LogP contribution in [0.4, 0.5) is 5.69 Å². The van der Waals surface area contributed by atoms with Crippen LogP contribution in [-0.4, -0.2) is 32.8 Å². The molecule has 0 bridgehead atoms. The van der Waals surface area contributed by atoms with E-state index in [9.17, 15) is 8.42 Å². The van der Waals surface area contributed by atoms with Crippen LogP contribution < -0.4 is 14.2 Å². The number of hydrogen-bond acceptors (Lipinski definition) is 7. The van der Waals surface area contributed by atoms with E-state index in [4.69, 9.17) is 14.0 Å². The molecule has 26 heavy (non-hydrogen) atoms. The van der Waals surface area contributed by atoms with Crippen molar-refractivity contribution in [3.05, 3.63) is 48.3 Å². The molecule has 136 valence electrons. The third-order valence-electron chi connectivity index (χ3n) is 3.57. The predicted molar refractivity (Wildman–Crippen MR) is 94.8 cm³/mol. The average Bonchev–Trinajstić information content (AvgIpc) is 3.07. The van der Waals surface area contributed by atoms with Crippen LogP contribution in [0, 0.1) is 6.92 Å². The highest BCUT2D eigenvalue weighted by Gasteiger charge is 2.20. The van der Waals surface area contributed by atoms with E-state index in [2.05, 4.69) is 14.9 Å². The van der Waals surface area contributed by atoms with Crippen LogP contribution >= 0.6 is 0 Å². The van der Waals surface area contributed by atoms with Crippen LogP contribution in [-0.2, 0) is 10.0 Å². The maximum absolute atomic E-state index is 12.7. The van der Waals surface area contributed by atoms with Gasteiger partial charge in [0.05, 0.1) is 14.2 Å². The second-order valence-electron chi connectivity index (χ2n) is 5.35. The van der Waals surface area contributed by atoms with Crippen LogP contribution in [0.1, 0.15) is 5.82 Å². The number of benzene rings is 2. The van der Waals surface area contributed by atoms with E-state index in [-0.39, 0.29) is 10.6 Å². The molecule has 1 aromatic heterocycles. The summed E-state index contributed by atoms with van der Waals surface area (Å²) in [4.78, 5) is 4.14. The minimum atomic E-state index is -3.84. The Morgan fingerprint density at radius 3 is 2.35 bits per heavy atom. The van der Waals surface area contributed by atoms with Gasteiger partial charge >= 0.3 is 0 Å². The van der Waals surface area contributed by atoms with Gasteiger partial charge in [-0.05, 0) is 43.3 Å². The molecule has 0 aliphatic heterocycles. The Kier molecular flexibility index (Phi) is 4.81. The lowest BCUT2D eigenvalue weighted by atomic mass is 10.2. The molecule has 1 heterocycles. The first-order chi connectivity index (χ1) is 12.4. The first-order valence-corrected chi connectivity index (χ1v) is 9.07. The number of nitrogens with one attached hydrogen (secondary N) is 1. The van der Waals surface area contributed by atoms with Crippen molar-refractivity contribution in [3.8, 4) is 23.0 Å². The highest BCUT2D eigenvalue weighted by Crippen LogP contribution is 2.30. The monoisotopic (exact) mass is 375 g/mol. The molecule has 3 aromatic rings. The number of aromatic nitrogens is 2. The Bertz CT molecular complexity index is 1010.